The predicted octanol–water partition coefficient (Wildman–Crippen LogP) is 5.69. The average Bonchev–Trinajstić information content (AvgIpc) is 2.79. The highest BCUT2D eigenvalue weighted by molar-refractivity contribution is 6.32. The first-order chi connectivity index (χ1) is 15.5. The maximum atomic E-state index is 12.2. The van der Waals surface area contributed by atoms with Crippen molar-refractivity contribution in [1.29, 1.82) is 0 Å². The summed E-state index contributed by atoms with van der Waals surface area (Å²) in [5, 5.41) is 6.68. The van der Waals surface area contributed by atoms with Gasteiger partial charge in [0.2, 0.25) is 0 Å². The van der Waals surface area contributed by atoms with Crippen LogP contribution in [0.4, 0.5) is 11.4 Å². The normalized spacial score (nSPS) is 10.4. The number of rotatable bonds is 10. The highest BCUT2D eigenvalue weighted by atomic mass is 35.5. The van der Waals surface area contributed by atoms with Gasteiger partial charge in [-0.05, 0) is 61.9 Å². The number of methoxy groups -OCH3 is 1. The molecule has 0 spiro atoms. The summed E-state index contributed by atoms with van der Waals surface area (Å²) in [6.45, 7) is 4.83. The molecular formula is C25H27ClN2O4. The number of nitrogens with one attached hydrogen (secondary N) is 2. The number of hydrogen-bond donors (Lipinski definition) is 2. The van der Waals surface area contributed by atoms with E-state index in [2.05, 4.69) is 10.6 Å². The van der Waals surface area contributed by atoms with Gasteiger partial charge in [0.05, 0.1) is 18.7 Å². The van der Waals surface area contributed by atoms with Crippen LogP contribution in [0.15, 0.2) is 60.7 Å². The molecule has 0 bridgehead atoms. The lowest BCUT2D eigenvalue weighted by Crippen LogP contribution is -2.20. The standard InChI is InChI=1S/C25H27ClN2O4/c1-4-31-24-13-18(15-27-20-10-12-22(30-3)21(26)14-20)7-11-23(24)32-16-25(29)28-19-8-5-17(2)6-9-19/h5-14,27H,4,15-16H2,1-3H3,(H,28,29). The van der Waals surface area contributed by atoms with Crippen LogP contribution >= 0.6 is 11.6 Å². The third-order valence-electron chi connectivity index (χ3n) is 4.65. The lowest BCUT2D eigenvalue weighted by atomic mass is 10.2. The van der Waals surface area contributed by atoms with Crippen LogP contribution in [-0.2, 0) is 11.3 Å². The van der Waals surface area contributed by atoms with Gasteiger partial charge < -0.3 is 24.8 Å². The number of hydrogen-bond acceptors (Lipinski definition) is 5. The summed E-state index contributed by atoms with van der Waals surface area (Å²) in [6, 6.07) is 18.8. The van der Waals surface area contributed by atoms with E-state index in [0.29, 0.717) is 35.4 Å². The van der Waals surface area contributed by atoms with E-state index in [4.69, 9.17) is 25.8 Å². The number of ether oxygens (including phenoxy) is 3. The van der Waals surface area contributed by atoms with Crippen LogP contribution in [-0.4, -0.2) is 26.2 Å². The number of carbonyl (C=O) groups is 1. The third kappa shape index (κ3) is 6.56. The summed E-state index contributed by atoms with van der Waals surface area (Å²) in [5.41, 5.74) is 3.73. The first-order valence-electron chi connectivity index (χ1n) is 10.3. The third-order valence-corrected chi connectivity index (χ3v) is 4.95. The van der Waals surface area contributed by atoms with Crippen molar-refractivity contribution in [3.8, 4) is 17.2 Å². The van der Waals surface area contributed by atoms with Crippen molar-refractivity contribution in [2.75, 3.05) is 31.0 Å². The van der Waals surface area contributed by atoms with E-state index in [1.807, 2.05) is 74.5 Å². The lowest BCUT2D eigenvalue weighted by molar-refractivity contribution is -0.118. The molecule has 0 saturated heterocycles. The number of carbonyl (C=O) groups excluding carboxylic acids is 1. The van der Waals surface area contributed by atoms with Crippen LogP contribution in [0.2, 0.25) is 5.02 Å². The van der Waals surface area contributed by atoms with Crippen molar-refractivity contribution in [3.63, 3.8) is 0 Å². The molecule has 0 atom stereocenters. The zero-order valence-corrected chi connectivity index (χ0v) is 19.2. The van der Waals surface area contributed by atoms with Gasteiger partial charge in [0.15, 0.2) is 18.1 Å². The fraction of sp³-hybridized carbons (Fsp3) is 0.240. The van der Waals surface area contributed by atoms with Crippen molar-refractivity contribution in [2.24, 2.45) is 0 Å². The molecule has 0 radical (unpaired) electrons. The van der Waals surface area contributed by atoms with Crippen LogP contribution in [0.25, 0.3) is 0 Å². The highest BCUT2D eigenvalue weighted by Crippen LogP contribution is 2.30. The zero-order chi connectivity index (χ0) is 22.9. The highest BCUT2D eigenvalue weighted by Gasteiger charge is 2.10. The van der Waals surface area contributed by atoms with E-state index in [1.54, 1.807) is 7.11 Å². The quantitative estimate of drug-likeness (QED) is 0.412. The Morgan fingerprint density at radius 3 is 2.31 bits per heavy atom. The molecule has 32 heavy (non-hydrogen) atoms. The molecule has 0 saturated carbocycles. The molecule has 0 unspecified atom stereocenters. The summed E-state index contributed by atoms with van der Waals surface area (Å²) in [7, 11) is 1.58. The molecule has 3 aromatic rings. The molecule has 0 heterocycles. The lowest BCUT2D eigenvalue weighted by Gasteiger charge is -2.14. The smallest absolute Gasteiger partial charge is 0.262 e. The maximum Gasteiger partial charge on any atom is 0.262 e. The number of aryl methyl sites for hydroxylation is 1. The van der Waals surface area contributed by atoms with E-state index in [0.717, 1.165) is 22.5 Å². The Bertz CT molecular complexity index is 1050. The Hall–Kier alpha value is -3.38. The van der Waals surface area contributed by atoms with Crippen LogP contribution in [0.5, 0.6) is 17.2 Å². The van der Waals surface area contributed by atoms with Gasteiger partial charge >= 0.3 is 0 Å². The first-order valence-corrected chi connectivity index (χ1v) is 10.7. The minimum Gasteiger partial charge on any atom is -0.495 e. The molecule has 1 amide bonds. The molecule has 0 aliphatic carbocycles. The van der Waals surface area contributed by atoms with Gasteiger partial charge in [-0.3, -0.25) is 4.79 Å². The van der Waals surface area contributed by atoms with Gasteiger partial charge in [0, 0.05) is 17.9 Å². The second kappa shape index (κ2) is 11.3. The Balaban J connectivity index is 1.60. The number of amides is 1. The van der Waals surface area contributed by atoms with Gasteiger partial charge in [0.1, 0.15) is 5.75 Å². The molecule has 2 N–H and O–H groups in total. The summed E-state index contributed by atoms with van der Waals surface area (Å²) in [6.07, 6.45) is 0. The van der Waals surface area contributed by atoms with Gasteiger partial charge in [-0.2, -0.15) is 0 Å². The molecular weight excluding hydrogens is 428 g/mol. The van der Waals surface area contributed by atoms with Crippen molar-refractivity contribution >= 4 is 28.9 Å². The number of halogens is 1. The largest absolute Gasteiger partial charge is 0.495 e. The van der Waals surface area contributed by atoms with Crippen molar-refractivity contribution in [3.05, 3.63) is 76.8 Å². The second-order valence-electron chi connectivity index (χ2n) is 7.12. The van der Waals surface area contributed by atoms with Gasteiger partial charge in [-0.1, -0.05) is 35.4 Å². The van der Waals surface area contributed by atoms with Crippen molar-refractivity contribution in [2.45, 2.75) is 20.4 Å². The van der Waals surface area contributed by atoms with Crippen LogP contribution in [0.3, 0.4) is 0 Å². The van der Waals surface area contributed by atoms with E-state index in [9.17, 15) is 4.79 Å². The average molecular weight is 455 g/mol. The van der Waals surface area contributed by atoms with Crippen LogP contribution < -0.4 is 24.8 Å². The summed E-state index contributed by atoms with van der Waals surface area (Å²) < 4.78 is 16.6. The van der Waals surface area contributed by atoms with Gasteiger partial charge in [-0.25, -0.2) is 0 Å². The first kappa shape index (κ1) is 23.3. The minimum atomic E-state index is -0.238. The van der Waals surface area contributed by atoms with E-state index < -0.39 is 0 Å². The molecule has 0 aromatic heterocycles. The second-order valence-corrected chi connectivity index (χ2v) is 7.53. The fourth-order valence-electron chi connectivity index (χ4n) is 3.01. The summed E-state index contributed by atoms with van der Waals surface area (Å²) >= 11 is 6.18. The van der Waals surface area contributed by atoms with Crippen molar-refractivity contribution < 1.29 is 19.0 Å². The molecule has 0 aliphatic heterocycles. The molecule has 3 aromatic carbocycles. The molecule has 7 heteroatoms. The number of anilines is 2. The fourth-order valence-corrected chi connectivity index (χ4v) is 3.27. The molecule has 0 aliphatic rings. The van der Waals surface area contributed by atoms with Crippen LogP contribution in [0.1, 0.15) is 18.1 Å². The molecule has 168 valence electrons. The SMILES string of the molecule is CCOc1cc(CNc2ccc(OC)c(Cl)c2)ccc1OCC(=O)Nc1ccc(C)cc1. The monoisotopic (exact) mass is 454 g/mol. The van der Waals surface area contributed by atoms with E-state index in [1.165, 1.54) is 0 Å². The summed E-state index contributed by atoms with van der Waals surface area (Å²) in [5.74, 6) is 1.49. The topological polar surface area (TPSA) is 68.8 Å². The Labute approximate surface area is 193 Å². The van der Waals surface area contributed by atoms with Crippen molar-refractivity contribution in [1.82, 2.24) is 0 Å². The minimum absolute atomic E-state index is 0.115. The zero-order valence-electron chi connectivity index (χ0n) is 18.4. The Morgan fingerprint density at radius 1 is 0.906 bits per heavy atom. The maximum absolute atomic E-state index is 12.2. The van der Waals surface area contributed by atoms with E-state index >= 15 is 0 Å². The molecule has 6 nitrogen and oxygen atoms in total. The predicted molar refractivity (Wildman–Crippen MR) is 128 cm³/mol. The Morgan fingerprint density at radius 2 is 1.62 bits per heavy atom. The Kier molecular flexibility index (Phi) is 8.22. The summed E-state index contributed by atoms with van der Waals surface area (Å²) in [4.78, 5) is 12.2. The van der Waals surface area contributed by atoms with Crippen LogP contribution in [0, 0.1) is 6.92 Å². The van der Waals surface area contributed by atoms with E-state index in [-0.39, 0.29) is 12.5 Å². The van der Waals surface area contributed by atoms with Gasteiger partial charge in [-0.15, -0.1) is 0 Å². The number of benzene rings is 3. The molecule has 0 fully saturated rings. The van der Waals surface area contributed by atoms with Gasteiger partial charge in [0.25, 0.3) is 5.91 Å². The molecule has 3 rings (SSSR count).